The average Bonchev–Trinajstić information content (AvgIpc) is 2.75. The lowest BCUT2D eigenvalue weighted by Gasteiger charge is -2.35. The third-order valence-electron chi connectivity index (χ3n) is 5.08. The highest BCUT2D eigenvalue weighted by molar-refractivity contribution is 7.86. The Kier molecular flexibility index (Phi) is 11.5. The molecule has 0 aromatic heterocycles. The van der Waals surface area contributed by atoms with Crippen molar-refractivity contribution in [3.05, 3.63) is 35.9 Å². The Morgan fingerprint density at radius 3 is 2.30 bits per heavy atom. The Hall–Kier alpha value is -2.50. The summed E-state index contributed by atoms with van der Waals surface area (Å²) in [4.78, 5) is 34.2. The first-order valence-electron chi connectivity index (χ1n) is 10.6. The van der Waals surface area contributed by atoms with E-state index in [2.05, 4.69) is 5.32 Å². The van der Waals surface area contributed by atoms with Crippen LogP contribution >= 0.6 is 0 Å². The largest absolute Gasteiger partial charge is 0.479 e. The van der Waals surface area contributed by atoms with Crippen molar-refractivity contribution in [1.29, 1.82) is 0 Å². The van der Waals surface area contributed by atoms with Crippen molar-refractivity contribution < 1.29 is 41.9 Å². The lowest BCUT2D eigenvalue weighted by Crippen LogP contribution is -2.47. The zero-order chi connectivity index (χ0) is 25.1. The fourth-order valence-electron chi connectivity index (χ4n) is 3.03. The van der Waals surface area contributed by atoms with E-state index in [0.717, 1.165) is 0 Å². The number of carbonyl (C=O) groups is 3. The average molecular weight is 488 g/mol. The summed E-state index contributed by atoms with van der Waals surface area (Å²) in [5.74, 6) is -2.64. The molecule has 0 aliphatic rings. The van der Waals surface area contributed by atoms with E-state index in [1.165, 1.54) is 20.8 Å². The van der Waals surface area contributed by atoms with Gasteiger partial charge in [-0.15, -0.1) is 0 Å². The van der Waals surface area contributed by atoms with Gasteiger partial charge in [-0.25, -0.2) is 9.59 Å². The Morgan fingerprint density at radius 1 is 1.09 bits per heavy atom. The van der Waals surface area contributed by atoms with E-state index < -0.39 is 39.7 Å². The molecular weight excluding hydrogens is 454 g/mol. The Labute approximate surface area is 194 Å². The molecule has 1 aromatic carbocycles. The molecule has 0 aliphatic heterocycles. The number of aliphatic carboxylic acids is 1. The van der Waals surface area contributed by atoms with Crippen LogP contribution in [0.15, 0.2) is 30.3 Å². The van der Waals surface area contributed by atoms with Gasteiger partial charge in [0.25, 0.3) is 10.1 Å². The van der Waals surface area contributed by atoms with Crippen LogP contribution in [0.4, 0.5) is 0 Å². The molecule has 1 amide bonds. The monoisotopic (exact) mass is 487 g/mol. The van der Waals surface area contributed by atoms with Gasteiger partial charge in [-0.1, -0.05) is 32.0 Å². The van der Waals surface area contributed by atoms with Crippen LogP contribution in [0, 0.1) is 5.41 Å². The van der Waals surface area contributed by atoms with Crippen molar-refractivity contribution >= 4 is 28.0 Å². The maximum absolute atomic E-state index is 12.4. The van der Waals surface area contributed by atoms with Gasteiger partial charge < -0.3 is 20.3 Å². The smallest absolute Gasteiger partial charge is 0.338 e. The van der Waals surface area contributed by atoms with E-state index in [1.54, 1.807) is 30.3 Å². The van der Waals surface area contributed by atoms with Crippen LogP contribution in [0.5, 0.6) is 0 Å². The van der Waals surface area contributed by atoms with Gasteiger partial charge in [-0.05, 0) is 37.8 Å². The number of aliphatic hydroxyl groups is 1. The Bertz CT molecular complexity index is 884. The molecule has 33 heavy (non-hydrogen) atoms. The first kappa shape index (κ1) is 28.5. The molecule has 10 nitrogen and oxygen atoms in total. The summed E-state index contributed by atoms with van der Waals surface area (Å²) in [6.07, 6.45) is -1.99. The molecule has 0 aliphatic carbocycles. The van der Waals surface area contributed by atoms with Gasteiger partial charge >= 0.3 is 11.9 Å². The summed E-state index contributed by atoms with van der Waals surface area (Å²) in [5.41, 5.74) is -1.01. The topological polar surface area (TPSA) is 156 Å². The summed E-state index contributed by atoms with van der Waals surface area (Å²) in [6.45, 7) is 4.38. The predicted octanol–water partition coefficient (Wildman–Crippen LogP) is 1.73. The van der Waals surface area contributed by atoms with Crippen LogP contribution in [0.2, 0.25) is 0 Å². The number of amides is 1. The molecule has 0 radical (unpaired) electrons. The molecule has 1 unspecified atom stereocenters. The first-order chi connectivity index (χ1) is 15.4. The normalized spacial score (nSPS) is 13.7. The van der Waals surface area contributed by atoms with Crippen LogP contribution in [-0.2, 0) is 28.6 Å². The summed E-state index contributed by atoms with van der Waals surface area (Å²) >= 11 is 0. The molecule has 186 valence electrons. The number of hydrogen-bond donors (Lipinski definition) is 3. The molecular formula is C22H33NO9S. The minimum Gasteiger partial charge on any atom is -0.479 e. The van der Waals surface area contributed by atoms with Crippen molar-refractivity contribution in [1.82, 2.24) is 5.32 Å². The highest BCUT2D eigenvalue weighted by atomic mass is 32.2. The molecule has 11 heteroatoms. The van der Waals surface area contributed by atoms with Gasteiger partial charge in [0, 0.05) is 18.9 Å². The summed E-state index contributed by atoms with van der Waals surface area (Å²) < 4.78 is 35.4. The molecule has 0 spiro atoms. The van der Waals surface area contributed by atoms with Gasteiger partial charge in [0.05, 0.1) is 24.0 Å². The highest BCUT2D eigenvalue weighted by Crippen LogP contribution is 2.33. The van der Waals surface area contributed by atoms with Gasteiger partial charge in [-0.2, -0.15) is 8.42 Å². The van der Waals surface area contributed by atoms with Crippen LogP contribution in [0.3, 0.4) is 0 Å². The zero-order valence-corrected chi connectivity index (χ0v) is 20.0. The lowest BCUT2D eigenvalue weighted by atomic mass is 9.78. The van der Waals surface area contributed by atoms with Crippen LogP contribution in [0.25, 0.3) is 0 Å². The number of esters is 1. The summed E-state index contributed by atoms with van der Waals surface area (Å²) in [6, 6.07) is 8.45. The fourth-order valence-corrected chi connectivity index (χ4v) is 4.32. The third kappa shape index (κ3) is 10.3. The van der Waals surface area contributed by atoms with Gasteiger partial charge in [0.1, 0.15) is 0 Å². The number of carbonyl (C=O) groups excluding carboxylic acids is 2. The number of hydrogen-bond acceptors (Lipinski definition) is 8. The van der Waals surface area contributed by atoms with Crippen molar-refractivity contribution in [2.45, 2.75) is 58.7 Å². The maximum Gasteiger partial charge on any atom is 0.338 e. The molecule has 0 bridgehead atoms. The molecule has 0 fully saturated rings. The molecule has 0 heterocycles. The second-order valence-corrected chi connectivity index (χ2v) is 9.96. The van der Waals surface area contributed by atoms with E-state index in [9.17, 15) is 33.0 Å². The van der Waals surface area contributed by atoms with Gasteiger partial charge in [-0.3, -0.25) is 8.98 Å². The minimum atomic E-state index is -4.05. The Balaban J connectivity index is 2.69. The summed E-state index contributed by atoms with van der Waals surface area (Å²) in [7, 11) is -4.05. The van der Waals surface area contributed by atoms with Crippen LogP contribution in [-0.4, -0.2) is 67.6 Å². The number of ether oxygens (including phenoxy) is 1. The van der Waals surface area contributed by atoms with Crippen LogP contribution in [0.1, 0.15) is 56.8 Å². The predicted molar refractivity (Wildman–Crippen MR) is 120 cm³/mol. The first-order valence-corrected chi connectivity index (χ1v) is 12.2. The van der Waals surface area contributed by atoms with Crippen molar-refractivity contribution in [2.24, 2.45) is 5.41 Å². The van der Waals surface area contributed by atoms with Crippen molar-refractivity contribution in [3.63, 3.8) is 0 Å². The molecule has 2 atom stereocenters. The number of carboxylic acids is 1. The van der Waals surface area contributed by atoms with Crippen molar-refractivity contribution in [3.8, 4) is 0 Å². The quantitative estimate of drug-likeness (QED) is 0.190. The number of nitrogens with one attached hydrogen (secondary N) is 1. The Morgan fingerprint density at radius 2 is 1.73 bits per heavy atom. The second-order valence-electron chi connectivity index (χ2n) is 8.24. The number of unbranched alkanes of at least 4 members (excludes halogenated alkanes) is 1. The second kappa shape index (κ2) is 13.3. The summed E-state index contributed by atoms with van der Waals surface area (Å²) in [5, 5.41) is 21.8. The molecule has 0 saturated carbocycles. The molecule has 1 rings (SSSR count). The number of aliphatic hydroxyl groups excluding tert-OH is 1. The van der Waals surface area contributed by atoms with E-state index in [1.807, 2.05) is 0 Å². The third-order valence-corrected chi connectivity index (χ3v) is 6.39. The van der Waals surface area contributed by atoms with E-state index >= 15 is 0 Å². The number of benzene rings is 1. The zero-order valence-electron chi connectivity index (χ0n) is 19.2. The number of carboxylic acid groups (broad SMARTS) is 1. The van der Waals surface area contributed by atoms with Gasteiger partial charge in [0.15, 0.2) is 6.10 Å². The van der Waals surface area contributed by atoms with Gasteiger partial charge in [0.2, 0.25) is 5.91 Å². The maximum atomic E-state index is 12.4. The van der Waals surface area contributed by atoms with Crippen LogP contribution < -0.4 is 5.32 Å². The fraction of sp³-hybridized carbons (Fsp3) is 0.591. The minimum absolute atomic E-state index is 0.0891. The number of rotatable bonds is 15. The highest BCUT2D eigenvalue weighted by Gasteiger charge is 2.43. The van der Waals surface area contributed by atoms with E-state index in [4.69, 9.17) is 8.92 Å². The SMILES string of the molecule is CC(=O)NCCCS(=O)(=O)OC(CCCCOC(=O)c1ccccc1)C(C)(C)[C@@H](O)C(=O)O. The van der Waals surface area contributed by atoms with E-state index in [-0.39, 0.29) is 37.7 Å². The van der Waals surface area contributed by atoms with E-state index in [0.29, 0.717) is 18.4 Å². The lowest BCUT2D eigenvalue weighted by molar-refractivity contribution is -0.158. The standard InChI is InChI=1S/C22H33NO9S/c1-16(24)23-13-9-15-33(29,30)32-18(22(2,3)19(25)20(26)27)12-7-8-14-31-21(28)17-10-5-4-6-11-17/h4-6,10-11,18-19,25H,7-9,12-15H2,1-3H3,(H,23,24)(H,26,27)/t18?,19-/m0/s1. The molecule has 0 saturated heterocycles. The van der Waals surface area contributed by atoms with Crippen molar-refractivity contribution in [2.75, 3.05) is 18.9 Å². The molecule has 3 N–H and O–H groups in total. The molecule has 1 aromatic rings.